The molecule has 0 aromatic rings. The molecule has 4 aliphatic carbocycles. The molecule has 0 aromatic heterocycles. The highest BCUT2D eigenvalue weighted by Crippen LogP contribution is 2.68. The van der Waals surface area contributed by atoms with Crippen molar-refractivity contribution in [3.63, 3.8) is 0 Å². The van der Waals surface area contributed by atoms with Gasteiger partial charge in [-0.25, -0.2) is 0 Å². The Morgan fingerprint density at radius 2 is 1.68 bits per heavy atom. The standard InChI is InChI=1S/C28H50NO2/c1-19(12-16-29(4)14-5-6-15-29)23-9-10-24-22-8-7-20-17-21(30)11-13-27(20,2)25(22)18-26(31)28(23,24)3/h19-26,30-31H,5-18H2,1-4H3/q+1/t19-,20-,21-,22+,23-,24+,25+,26+,27+,28-/m1/s1. The summed E-state index contributed by atoms with van der Waals surface area (Å²) >= 11 is 0. The number of quaternary nitrogens is 1. The molecule has 0 aromatic carbocycles. The lowest BCUT2D eigenvalue weighted by molar-refractivity contribution is -0.898. The van der Waals surface area contributed by atoms with E-state index in [0.29, 0.717) is 23.2 Å². The first-order valence-electron chi connectivity index (χ1n) is 13.9. The van der Waals surface area contributed by atoms with Gasteiger partial charge < -0.3 is 14.7 Å². The SMILES string of the molecule is C[C@H](CC[N+]1(C)CCCC1)[C@H]1CC[C@H]2[C@@H]3CC[C@@H]4C[C@H](O)CC[C@]4(C)[C@H]3C[C@H](O)[C@]12C. The summed E-state index contributed by atoms with van der Waals surface area (Å²) in [6.07, 6.45) is 13.5. The van der Waals surface area contributed by atoms with Crippen LogP contribution in [-0.2, 0) is 0 Å². The number of nitrogens with zero attached hydrogens (tertiary/aromatic N) is 1. The van der Waals surface area contributed by atoms with E-state index in [1.807, 2.05) is 0 Å². The largest absolute Gasteiger partial charge is 0.393 e. The van der Waals surface area contributed by atoms with Crippen molar-refractivity contribution < 1.29 is 14.7 Å². The van der Waals surface area contributed by atoms with Gasteiger partial charge in [0.2, 0.25) is 0 Å². The van der Waals surface area contributed by atoms with Crippen LogP contribution in [0.2, 0.25) is 0 Å². The fourth-order valence-electron chi connectivity index (χ4n) is 10.2. The zero-order chi connectivity index (χ0) is 22.0. The van der Waals surface area contributed by atoms with E-state index in [9.17, 15) is 10.2 Å². The van der Waals surface area contributed by atoms with Crippen molar-refractivity contribution in [2.75, 3.05) is 26.7 Å². The molecular formula is C28H50NO2+. The lowest BCUT2D eigenvalue weighted by Gasteiger charge is -2.62. The maximum atomic E-state index is 11.7. The van der Waals surface area contributed by atoms with Gasteiger partial charge in [0.05, 0.1) is 38.9 Å². The summed E-state index contributed by atoms with van der Waals surface area (Å²) in [5.74, 6) is 4.31. The molecule has 4 saturated carbocycles. The Bertz CT molecular complexity index is 659. The van der Waals surface area contributed by atoms with Gasteiger partial charge in [0, 0.05) is 12.8 Å². The van der Waals surface area contributed by atoms with E-state index >= 15 is 0 Å². The minimum atomic E-state index is -0.132. The minimum Gasteiger partial charge on any atom is -0.393 e. The summed E-state index contributed by atoms with van der Waals surface area (Å²) in [4.78, 5) is 0. The molecule has 3 nitrogen and oxygen atoms in total. The second-order valence-electron chi connectivity index (χ2n) is 13.6. The second kappa shape index (κ2) is 7.98. The van der Waals surface area contributed by atoms with Gasteiger partial charge in [-0.3, -0.25) is 0 Å². The topological polar surface area (TPSA) is 40.5 Å². The van der Waals surface area contributed by atoms with E-state index in [1.165, 1.54) is 75.5 Å². The van der Waals surface area contributed by atoms with E-state index in [2.05, 4.69) is 27.8 Å². The first kappa shape index (κ1) is 22.7. The molecule has 0 spiro atoms. The summed E-state index contributed by atoms with van der Waals surface area (Å²) in [5, 5.41) is 22.0. The van der Waals surface area contributed by atoms with Crippen LogP contribution in [0, 0.1) is 46.3 Å². The zero-order valence-electron chi connectivity index (χ0n) is 20.9. The van der Waals surface area contributed by atoms with Crippen molar-refractivity contribution >= 4 is 0 Å². The van der Waals surface area contributed by atoms with Gasteiger partial charge in [-0.05, 0) is 104 Å². The fraction of sp³-hybridized carbons (Fsp3) is 1.00. The summed E-state index contributed by atoms with van der Waals surface area (Å²) in [7, 11) is 2.47. The lowest BCUT2D eigenvalue weighted by Crippen LogP contribution is -2.59. The van der Waals surface area contributed by atoms with Gasteiger partial charge in [-0.2, -0.15) is 0 Å². The highest BCUT2D eigenvalue weighted by molar-refractivity contribution is 5.12. The minimum absolute atomic E-state index is 0.0785. The molecule has 0 bridgehead atoms. The zero-order valence-corrected chi connectivity index (χ0v) is 20.9. The molecule has 2 N–H and O–H groups in total. The van der Waals surface area contributed by atoms with Crippen molar-refractivity contribution in [3.05, 3.63) is 0 Å². The molecule has 0 amide bonds. The van der Waals surface area contributed by atoms with Crippen LogP contribution in [-0.4, -0.2) is 53.6 Å². The van der Waals surface area contributed by atoms with Gasteiger partial charge in [0.25, 0.3) is 0 Å². The predicted molar refractivity (Wildman–Crippen MR) is 126 cm³/mol. The molecule has 178 valence electrons. The predicted octanol–water partition coefficient (Wildman–Crippen LogP) is 5.24. The summed E-state index contributed by atoms with van der Waals surface area (Å²) in [5.41, 5.74) is 0.476. The molecule has 10 atom stereocenters. The van der Waals surface area contributed by atoms with Crippen LogP contribution in [0.3, 0.4) is 0 Å². The third-order valence-electron chi connectivity index (χ3n) is 12.3. The average molecular weight is 433 g/mol. The molecular weight excluding hydrogens is 382 g/mol. The number of aliphatic hydroxyl groups is 2. The molecule has 0 unspecified atom stereocenters. The first-order valence-corrected chi connectivity index (χ1v) is 13.9. The maximum Gasteiger partial charge on any atom is 0.0787 e. The molecule has 31 heavy (non-hydrogen) atoms. The van der Waals surface area contributed by atoms with E-state index in [1.54, 1.807) is 0 Å². The molecule has 0 radical (unpaired) electrons. The van der Waals surface area contributed by atoms with Crippen molar-refractivity contribution in [3.8, 4) is 0 Å². The Hall–Kier alpha value is -0.120. The smallest absolute Gasteiger partial charge is 0.0787 e. The Kier molecular flexibility index (Phi) is 5.83. The molecule has 1 heterocycles. The summed E-state index contributed by atoms with van der Waals surface area (Å²) in [6, 6.07) is 0. The summed E-state index contributed by atoms with van der Waals surface area (Å²) < 4.78 is 1.29. The highest BCUT2D eigenvalue weighted by atomic mass is 16.3. The lowest BCUT2D eigenvalue weighted by atomic mass is 9.43. The van der Waals surface area contributed by atoms with Crippen LogP contribution >= 0.6 is 0 Å². The monoisotopic (exact) mass is 432 g/mol. The van der Waals surface area contributed by atoms with E-state index in [4.69, 9.17) is 0 Å². The van der Waals surface area contributed by atoms with Crippen LogP contribution in [0.25, 0.3) is 0 Å². The van der Waals surface area contributed by atoms with E-state index < -0.39 is 0 Å². The number of likely N-dealkylation sites (tertiary alicyclic amines) is 1. The van der Waals surface area contributed by atoms with Crippen LogP contribution in [0.4, 0.5) is 0 Å². The molecule has 5 rings (SSSR count). The number of hydrogen-bond donors (Lipinski definition) is 2. The fourth-order valence-corrected chi connectivity index (χ4v) is 10.2. The molecule has 3 heteroatoms. The number of hydrogen-bond acceptors (Lipinski definition) is 2. The summed E-state index contributed by atoms with van der Waals surface area (Å²) in [6.45, 7) is 11.6. The third-order valence-corrected chi connectivity index (χ3v) is 12.3. The molecule has 1 aliphatic heterocycles. The average Bonchev–Trinajstić information content (AvgIpc) is 3.32. The van der Waals surface area contributed by atoms with Crippen LogP contribution in [0.15, 0.2) is 0 Å². The van der Waals surface area contributed by atoms with Crippen molar-refractivity contribution in [1.82, 2.24) is 0 Å². The number of rotatable bonds is 4. The molecule has 5 aliphatic rings. The van der Waals surface area contributed by atoms with Crippen LogP contribution in [0.1, 0.15) is 91.4 Å². The Balaban J connectivity index is 1.32. The second-order valence-corrected chi connectivity index (χ2v) is 13.6. The van der Waals surface area contributed by atoms with Crippen molar-refractivity contribution in [1.29, 1.82) is 0 Å². The molecule has 5 fully saturated rings. The van der Waals surface area contributed by atoms with E-state index in [0.717, 1.165) is 37.0 Å². The van der Waals surface area contributed by atoms with Gasteiger partial charge in [-0.1, -0.05) is 20.8 Å². The Labute approximate surface area is 191 Å². The van der Waals surface area contributed by atoms with Gasteiger partial charge in [0.15, 0.2) is 0 Å². The normalized spacial score (nSPS) is 52.3. The maximum absolute atomic E-state index is 11.7. The quantitative estimate of drug-likeness (QED) is 0.596. The van der Waals surface area contributed by atoms with Crippen molar-refractivity contribution in [2.24, 2.45) is 46.3 Å². The van der Waals surface area contributed by atoms with Crippen LogP contribution < -0.4 is 0 Å². The van der Waals surface area contributed by atoms with Gasteiger partial charge in [-0.15, -0.1) is 0 Å². The first-order chi connectivity index (χ1) is 14.7. The Morgan fingerprint density at radius 1 is 0.935 bits per heavy atom. The number of aliphatic hydroxyl groups excluding tert-OH is 2. The van der Waals surface area contributed by atoms with Gasteiger partial charge in [0.1, 0.15) is 0 Å². The van der Waals surface area contributed by atoms with E-state index in [-0.39, 0.29) is 17.6 Å². The van der Waals surface area contributed by atoms with Crippen LogP contribution in [0.5, 0.6) is 0 Å². The third kappa shape index (κ3) is 3.55. The molecule has 1 saturated heterocycles. The Morgan fingerprint density at radius 3 is 2.42 bits per heavy atom. The highest BCUT2D eigenvalue weighted by Gasteiger charge is 2.63. The van der Waals surface area contributed by atoms with Crippen molar-refractivity contribution in [2.45, 2.75) is 104 Å². The number of fused-ring (bicyclic) bond motifs is 5. The van der Waals surface area contributed by atoms with Gasteiger partial charge >= 0.3 is 0 Å².